The number of nitrogens with zero attached hydrogens (tertiary/aromatic N) is 3. The van der Waals surface area contributed by atoms with Crippen molar-refractivity contribution in [3.05, 3.63) is 46.2 Å². The largest absolute Gasteiger partial charge is 0.337 e. The van der Waals surface area contributed by atoms with Crippen LogP contribution in [0.15, 0.2) is 29.0 Å². The van der Waals surface area contributed by atoms with Gasteiger partial charge in [-0.3, -0.25) is 14.5 Å². The summed E-state index contributed by atoms with van der Waals surface area (Å²) in [5.74, 6) is -1.30. The zero-order chi connectivity index (χ0) is 14.4. The van der Waals surface area contributed by atoms with E-state index in [-0.39, 0.29) is 12.1 Å². The van der Waals surface area contributed by atoms with Crippen LogP contribution in [0.1, 0.15) is 16.2 Å². The lowest BCUT2D eigenvalue weighted by Gasteiger charge is -2.17. The van der Waals surface area contributed by atoms with E-state index < -0.39 is 17.5 Å². The number of hydrogen-bond acceptors (Lipinski definition) is 3. The minimum atomic E-state index is -0.700. The second-order valence-electron chi connectivity index (χ2n) is 4.46. The normalized spacial score (nSPS) is 14.1. The number of Topliss-reactive ketones (excluding diaryl/α,β-unsaturated/α-hetero) is 1. The molecule has 3 rings (SSSR count). The van der Waals surface area contributed by atoms with Gasteiger partial charge < -0.3 is 4.57 Å². The summed E-state index contributed by atoms with van der Waals surface area (Å²) in [6, 6.07) is 2.31. The van der Waals surface area contributed by atoms with Gasteiger partial charge in [0.25, 0.3) is 11.7 Å². The number of benzene rings is 1. The Morgan fingerprint density at radius 3 is 2.75 bits per heavy atom. The highest BCUT2D eigenvalue weighted by atomic mass is 79.9. The summed E-state index contributed by atoms with van der Waals surface area (Å²) in [7, 11) is 1.80. The van der Waals surface area contributed by atoms with E-state index in [0.717, 1.165) is 6.07 Å². The number of halogens is 2. The van der Waals surface area contributed by atoms with Crippen molar-refractivity contribution in [2.45, 2.75) is 6.54 Å². The molecule has 0 atom stereocenters. The molecular formula is C13H9BrFN3O2. The number of imidazole rings is 1. The third-order valence-electron chi connectivity index (χ3n) is 3.20. The first-order valence-corrected chi connectivity index (χ1v) is 6.60. The van der Waals surface area contributed by atoms with Gasteiger partial charge in [-0.25, -0.2) is 9.37 Å². The average molecular weight is 338 g/mol. The van der Waals surface area contributed by atoms with Gasteiger partial charge in [0.05, 0.1) is 17.8 Å². The number of hydrogen-bond donors (Lipinski definition) is 0. The summed E-state index contributed by atoms with van der Waals surface area (Å²) in [5.41, 5.74) is 0.473. The maximum absolute atomic E-state index is 13.4. The average Bonchev–Trinajstić information content (AvgIpc) is 2.88. The number of ketones is 1. The van der Waals surface area contributed by atoms with Crippen molar-refractivity contribution in [2.24, 2.45) is 7.05 Å². The molecule has 5 nitrogen and oxygen atoms in total. The van der Waals surface area contributed by atoms with Gasteiger partial charge in [0, 0.05) is 23.9 Å². The van der Waals surface area contributed by atoms with Crippen molar-refractivity contribution in [2.75, 3.05) is 4.90 Å². The summed E-state index contributed by atoms with van der Waals surface area (Å²) in [4.78, 5) is 29.4. The molecule has 20 heavy (non-hydrogen) atoms. The molecular weight excluding hydrogens is 329 g/mol. The molecule has 0 radical (unpaired) electrons. The van der Waals surface area contributed by atoms with Crippen molar-refractivity contribution in [3.8, 4) is 0 Å². The number of rotatable bonds is 2. The van der Waals surface area contributed by atoms with E-state index in [2.05, 4.69) is 20.9 Å². The van der Waals surface area contributed by atoms with Crippen molar-refractivity contribution in [1.29, 1.82) is 0 Å². The fraction of sp³-hybridized carbons (Fsp3) is 0.154. The maximum atomic E-state index is 13.4. The molecule has 1 aliphatic rings. The lowest BCUT2D eigenvalue weighted by Crippen LogP contribution is -2.30. The maximum Gasteiger partial charge on any atom is 0.299 e. The van der Waals surface area contributed by atoms with Gasteiger partial charge in [-0.05, 0) is 28.1 Å². The first-order valence-electron chi connectivity index (χ1n) is 5.80. The van der Waals surface area contributed by atoms with Crippen molar-refractivity contribution < 1.29 is 14.0 Å². The van der Waals surface area contributed by atoms with Crippen LogP contribution in [0.2, 0.25) is 0 Å². The molecule has 7 heteroatoms. The van der Waals surface area contributed by atoms with Gasteiger partial charge in [-0.2, -0.15) is 0 Å². The molecule has 1 aliphatic heterocycles. The third kappa shape index (κ3) is 1.85. The fourth-order valence-corrected chi connectivity index (χ4v) is 2.84. The van der Waals surface area contributed by atoms with Crippen LogP contribution in [0, 0.1) is 5.82 Å². The number of carbonyl (C=O) groups is 2. The smallest absolute Gasteiger partial charge is 0.299 e. The predicted molar refractivity (Wildman–Crippen MR) is 72.8 cm³/mol. The SMILES string of the molecule is Cn1ccnc1CN1C(=O)C(=O)c2cc(F)cc(Br)c21. The van der Waals surface area contributed by atoms with E-state index in [0.29, 0.717) is 16.0 Å². The molecule has 1 aromatic heterocycles. The van der Waals surface area contributed by atoms with E-state index >= 15 is 0 Å². The zero-order valence-corrected chi connectivity index (χ0v) is 12.0. The Hall–Kier alpha value is -2.02. The Kier molecular flexibility index (Phi) is 2.93. The lowest BCUT2D eigenvalue weighted by atomic mass is 10.1. The van der Waals surface area contributed by atoms with Crippen LogP contribution < -0.4 is 4.90 Å². The van der Waals surface area contributed by atoms with Gasteiger partial charge in [-0.15, -0.1) is 0 Å². The minimum Gasteiger partial charge on any atom is -0.337 e. The highest BCUT2D eigenvalue weighted by Gasteiger charge is 2.38. The number of fused-ring (bicyclic) bond motifs is 1. The molecule has 0 bridgehead atoms. The molecule has 2 aromatic rings. The van der Waals surface area contributed by atoms with E-state index in [1.165, 1.54) is 11.0 Å². The lowest BCUT2D eigenvalue weighted by molar-refractivity contribution is -0.114. The third-order valence-corrected chi connectivity index (χ3v) is 3.81. The number of amides is 1. The Morgan fingerprint density at radius 1 is 1.35 bits per heavy atom. The Morgan fingerprint density at radius 2 is 2.10 bits per heavy atom. The van der Waals surface area contributed by atoms with Gasteiger partial charge >= 0.3 is 0 Å². The molecule has 1 amide bonds. The quantitative estimate of drug-likeness (QED) is 0.788. The molecule has 0 saturated carbocycles. The van der Waals surface area contributed by atoms with Crippen LogP contribution in [0.4, 0.5) is 10.1 Å². The van der Waals surface area contributed by atoms with Gasteiger partial charge in [0.2, 0.25) is 0 Å². The first kappa shape index (κ1) is 13.0. The molecule has 0 spiro atoms. The Balaban J connectivity index is 2.09. The highest BCUT2D eigenvalue weighted by Crippen LogP contribution is 2.37. The predicted octanol–water partition coefficient (Wildman–Crippen LogP) is 2.05. The standard InChI is InChI=1S/C13H9BrFN3O2/c1-17-3-2-16-10(17)6-18-11-8(12(19)13(18)20)4-7(15)5-9(11)14/h2-5H,6H2,1H3. The van der Waals surface area contributed by atoms with Crippen LogP contribution >= 0.6 is 15.9 Å². The van der Waals surface area contributed by atoms with Crippen LogP contribution in [-0.2, 0) is 18.4 Å². The Labute approximate surface area is 122 Å². The summed E-state index contributed by atoms with van der Waals surface area (Å²) < 4.78 is 15.5. The molecule has 0 N–H and O–H groups in total. The van der Waals surface area contributed by atoms with Gasteiger partial charge in [0.15, 0.2) is 0 Å². The number of carbonyl (C=O) groups excluding carboxylic acids is 2. The number of anilines is 1. The number of aromatic nitrogens is 2. The van der Waals surface area contributed by atoms with E-state index in [1.54, 1.807) is 24.0 Å². The summed E-state index contributed by atoms with van der Waals surface area (Å²) in [6.45, 7) is 0.158. The van der Waals surface area contributed by atoms with Gasteiger partial charge in [-0.1, -0.05) is 0 Å². The zero-order valence-electron chi connectivity index (χ0n) is 10.4. The van der Waals surface area contributed by atoms with Crippen molar-refractivity contribution >= 4 is 33.3 Å². The second-order valence-corrected chi connectivity index (χ2v) is 5.31. The van der Waals surface area contributed by atoms with Crippen LogP contribution in [0.25, 0.3) is 0 Å². The van der Waals surface area contributed by atoms with Gasteiger partial charge in [0.1, 0.15) is 11.6 Å². The molecule has 0 fully saturated rings. The molecule has 0 saturated heterocycles. The molecule has 0 unspecified atom stereocenters. The van der Waals surface area contributed by atoms with Crippen molar-refractivity contribution in [1.82, 2.24) is 9.55 Å². The molecule has 1 aromatic carbocycles. The van der Waals surface area contributed by atoms with E-state index in [9.17, 15) is 14.0 Å². The number of aryl methyl sites for hydroxylation is 1. The van der Waals surface area contributed by atoms with Crippen molar-refractivity contribution in [3.63, 3.8) is 0 Å². The fourth-order valence-electron chi connectivity index (χ4n) is 2.19. The second kappa shape index (κ2) is 4.52. The topological polar surface area (TPSA) is 55.2 Å². The van der Waals surface area contributed by atoms with E-state index in [1.807, 2.05) is 0 Å². The Bertz CT molecular complexity index is 741. The summed E-state index contributed by atoms with van der Waals surface area (Å²) in [5, 5.41) is 0. The van der Waals surface area contributed by atoms with Crippen LogP contribution in [-0.4, -0.2) is 21.2 Å². The summed E-state index contributed by atoms with van der Waals surface area (Å²) >= 11 is 3.20. The minimum absolute atomic E-state index is 0.0797. The van der Waals surface area contributed by atoms with E-state index in [4.69, 9.17) is 0 Å². The molecule has 102 valence electrons. The van der Waals surface area contributed by atoms with Crippen LogP contribution in [0.3, 0.4) is 0 Å². The monoisotopic (exact) mass is 337 g/mol. The van der Waals surface area contributed by atoms with Crippen LogP contribution in [0.5, 0.6) is 0 Å². The highest BCUT2D eigenvalue weighted by molar-refractivity contribution is 9.10. The molecule has 0 aliphatic carbocycles. The summed E-state index contributed by atoms with van der Waals surface area (Å²) in [6.07, 6.45) is 3.36. The first-order chi connectivity index (χ1) is 9.49. The molecule has 2 heterocycles.